The molecule has 0 spiro atoms. The van der Waals surface area contributed by atoms with E-state index in [-0.39, 0.29) is 11.8 Å². The highest BCUT2D eigenvalue weighted by atomic mass is 79.9. The summed E-state index contributed by atoms with van der Waals surface area (Å²) in [7, 11) is 0. The van der Waals surface area contributed by atoms with Crippen molar-refractivity contribution in [1.82, 2.24) is 0 Å². The number of hydrogen-bond donors (Lipinski definition) is 2. The van der Waals surface area contributed by atoms with Crippen molar-refractivity contribution in [2.75, 3.05) is 5.32 Å². The van der Waals surface area contributed by atoms with Crippen LogP contribution in [-0.4, -0.2) is 5.11 Å². The van der Waals surface area contributed by atoms with E-state index in [4.69, 9.17) is 5.26 Å². The minimum absolute atomic E-state index is 0.0991. The second-order valence-electron chi connectivity index (χ2n) is 4.38. The minimum atomic E-state index is -0.463. The van der Waals surface area contributed by atoms with Crippen molar-refractivity contribution in [3.8, 4) is 11.8 Å². The van der Waals surface area contributed by atoms with Gasteiger partial charge in [0.25, 0.3) is 0 Å². The van der Waals surface area contributed by atoms with Gasteiger partial charge in [-0.25, -0.2) is 4.39 Å². The number of anilines is 1. The maximum atomic E-state index is 13.8. The Morgan fingerprint density at radius 2 is 2.05 bits per heavy atom. The van der Waals surface area contributed by atoms with Crippen LogP contribution in [0, 0.1) is 17.1 Å². The predicted molar refractivity (Wildman–Crippen MR) is 79.0 cm³/mol. The molecule has 2 N–H and O–H groups in total. The molecule has 0 bridgehead atoms. The highest BCUT2D eigenvalue weighted by molar-refractivity contribution is 9.10. The fourth-order valence-corrected chi connectivity index (χ4v) is 2.37. The fraction of sp³-hybridized carbons (Fsp3) is 0.133. The Morgan fingerprint density at radius 1 is 1.30 bits per heavy atom. The summed E-state index contributed by atoms with van der Waals surface area (Å²) in [6.07, 6.45) is 0. The van der Waals surface area contributed by atoms with Gasteiger partial charge in [-0.05, 0) is 47.1 Å². The lowest BCUT2D eigenvalue weighted by atomic mass is 10.1. The number of nitriles is 1. The first kappa shape index (κ1) is 14.4. The Hall–Kier alpha value is -2.06. The maximum Gasteiger partial charge on any atom is 0.132 e. The molecule has 0 aromatic heterocycles. The number of hydrogen-bond acceptors (Lipinski definition) is 3. The van der Waals surface area contributed by atoms with E-state index in [2.05, 4.69) is 21.2 Å². The van der Waals surface area contributed by atoms with Crippen LogP contribution in [0.1, 0.15) is 24.1 Å². The third kappa shape index (κ3) is 3.09. The number of rotatable bonds is 3. The van der Waals surface area contributed by atoms with Gasteiger partial charge in [-0.15, -0.1) is 0 Å². The first-order valence-corrected chi connectivity index (χ1v) is 6.75. The van der Waals surface area contributed by atoms with E-state index in [1.54, 1.807) is 24.3 Å². The van der Waals surface area contributed by atoms with E-state index in [1.807, 2.05) is 13.0 Å². The van der Waals surface area contributed by atoms with Gasteiger partial charge < -0.3 is 10.4 Å². The molecule has 0 fully saturated rings. The third-order valence-electron chi connectivity index (χ3n) is 2.92. The summed E-state index contributed by atoms with van der Waals surface area (Å²) in [6.45, 7) is 1.82. The van der Waals surface area contributed by atoms with Gasteiger partial charge in [0, 0.05) is 21.8 Å². The summed E-state index contributed by atoms with van der Waals surface area (Å²) < 4.78 is 14.5. The van der Waals surface area contributed by atoms with Gasteiger partial charge in [-0.3, -0.25) is 0 Å². The van der Waals surface area contributed by atoms with E-state index in [0.29, 0.717) is 11.1 Å². The number of phenols is 1. The van der Waals surface area contributed by atoms with Gasteiger partial charge in [-0.1, -0.05) is 6.07 Å². The smallest absolute Gasteiger partial charge is 0.132 e. The Kier molecular flexibility index (Phi) is 4.26. The molecule has 0 aliphatic carbocycles. The summed E-state index contributed by atoms with van der Waals surface area (Å²) in [5.74, 6) is -0.562. The molecular formula is C15H12BrFN2O. The zero-order chi connectivity index (χ0) is 14.7. The summed E-state index contributed by atoms with van der Waals surface area (Å²) in [5.41, 5.74) is 1.77. The SMILES string of the molecule is CC(Nc1ccc(C#N)cc1Br)c1ccc(O)cc1F. The zero-order valence-corrected chi connectivity index (χ0v) is 12.3. The van der Waals surface area contributed by atoms with E-state index in [1.165, 1.54) is 6.07 Å². The van der Waals surface area contributed by atoms with Crippen LogP contribution in [0.5, 0.6) is 5.75 Å². The highest BCUT2D eigenvalue weighted by Crippen LogP contribution is 2.29. The molecule has 5 heteroatoms. The van der Waals surface area contributed by atoms with Gasteiger partial charge in [-0.2, -0.15) is 5.26 Å². The number of nitrogens with one attached hydrogen (secondary N) is 1. The molecule has 1 atom stereocenters. The molecule has 102 valence electrons. The topological polar surface area (TPSA) is 56.0 Å². The Morgan fingerprint density at radius 3 is 2.65 bits per heavy atom. The molecule has 2 rings (SSSR count). The zero-order valence-electron chi connectivity index (χ0n) is 10.7. The van der Waals surface area contributed by atoms with Crippen molar-refractivity contribution in [1.29, 1.82) is 5.26 Å². The van der Waals surface area contributed by atoms with Gasteiger partial charge in [0.15, 0.2) is 0 Å². The van der Waals surface area contributed by atoms with Crippen LogP contribution in [-0.2, 0) is 0 Å². The van der Waals surface area contributed by atoms with Crippen LogP contribution in [0.4, 0.5) is 10.1 Å². The lowest BCUT2D eigenvalue weighted by molar-refractivity contribution is 0.467. The Bertz CT molecular complexity index is 682. The first-order chi connectivity index (χ1) is 9.51. The molecule has 0 saturated carbocycles. The summed E-state index contributed by atoms with van der Waals surface area (Å²) in [6, 6.07) is 11.0. The number of halogens is 2. The predicted octanol–water partition coefficient (Wildman–Crippen LogP) is 4.34. The van der Waals surface area contributed by atoms with Crippen LogP contribution in [0.3, 0.4) is 0 Å². The van der Waals surface area contributed by atoms with Gasteiger partial charge in [0.05, 0.1) is 17.7 Å². The van der Waals surface area contributed by atoms with Gasteiger partial charge >= 0.3 is 0 Å². The molecule has 2 aromatic carbocycles. The molecule has 0 saturated heterocycles. The number of benzene rings is 2. The molecule has 0 heterocycles. The van der Waals surface area contributed by atoms with Crippen LogP contribution >= 0.6 is 15.9 Å². The molecule has 0 aliphatic heterocycles. The van der Waals surface area contributed by atoms with E-state index >= 15 is 0 Å². The summed E-state index contributed by atoms with van der Waals surface area (Å²) in [5, 5.41) is 21.2. The number of nitrogens with zero attached hydrogens (tertiary/aromatic N) is 1. The fourth-order valence-electron chi connectivity index (χ4n) is 1.88. The Labute approximate surface area is 124 Å². The lowest BCUT2D eigenvalue weighted by Gasteiger charge is -2.17. The van der Waals surface area contributed by atoms with Gasteiger partial charge in [0.2, 0.25) is 0 Å². The molecule has 3 nitrogen and oxygen atoms in total. The van der Waals surface area contributed by atoms with Crippen LogP contribution in [0.15, 0.2) is 40.9 Å². The third-order valence-corrected chi connectivity index (χ3v) is 3.58. The van der Waals surface area contributed by atoms with Crippen molar-refractivity contribution in [3.63, 3.8) is 0 Å². The van der Waals surface area contributed by atoms with Crippen LogP contribution in [0.25, 0.3) is 0 Å². The van der Waals surface area contributed by atoms with Crippen LogP contribution in [0.2, 0.25) is 0 Å². The molecule has 1 unspecified atom stereocenters. The summed E-state index contributed by atoms with van der Waals surface area (Å²) in [4.78, 5) is 0. The van der Waals surface area contributed by atoms with Gasteiger partial charge in [0.1, 0.15) is 11.6 Å². The second-order valence-corrected chi connectivity index (χ2v) is 5.23. The lowest BCUT2D eigenvalue weighted by Crippen LogP contribution is -2.09. The number of aromatic hydroxyl groups is 1. The molecule has 0 aliphatic rings. The van der Waals surface area contributed by atoms with Crippen molar-refractivity contribution in [2.24, 2.45) is 0 Å². The second kappa shape index (κ2) is 5.93. The first-order valence-electron chi connectivity index (χ1n) is 5.96. The quantitative estimate of drug-likeness (QED) is 0.877. The van der Waals surface area contributed by atoms with Crippen molar-refractivity contribution in [3.05, 3.63) is 57.8 Å². The minimum Gasteiger partial charge on any atom is -0.508 e. The van der Waals surface area contributed by atoms with Crippen molar-refractivity contribution >= 4 is 21.6 Å². The normalized spacial score (nSPS) is 11.7. The molecular weight excluding hydrogens is 323 g/mol. The van der Waals surface area contributed by atoms with Crippen molar-refractivity contribution < 1.29 is 9.50 Å². The molecule has 2 aromatic rings. The summed E-state index contributed by atoms with van der Waals surface area (Å²) >= 11 is 3.37. The largest absolute Gasteiger partial charge is 0.508 e. The van der Waals surface area contributed by atoms with E-state index < -0.39 is 5.82 Å². The molecule has 0 radical (unpaired) electrons. The standard InChI is InChI=1S/C15H12BrFN2O/c1-9(12-4-3-11(20)7-14(12)17)19-15-5-2-10(8-18)6-13(15)16/h2-7,9,19-20H,1H3. The van der Waals surface area contributed by atoms with Crippen molar-refractivity contribution in [2.45, 2.75) is 13.0 Å². The van der Waals surface area contributed by atoms with E-state index in [0.717, 1.165) is 16.2 Å². The highest BCUT2D eigenvalue weighted by Gasteiger charge is 2.12. The molecule has 20 heavy (non-hydrogen) atoms. The Balaban J connectivity index is 2.23. The maximum absolute atomic E-state index is 13.8. The molecule has 0 amide bonds. The monoisotopic (exact) mass is 334 g/mol. The number of phenolic OH excluding ortho intramolecular Hbond substituents is 1. The van der Waals surface area contributed by atoms with Crippen LogP contribution < -0.4 is 5.32 Å². The average Bonchev–Trinajstić information content (AvgIpc) is 2.40. The van der Waals surface area contributed by atoms with E-state index in [9.17, 15) is 9.50 Å². The average molecular weight is 335 g/mol.